The average Bonchev–Trinajstić information content (AvgIpc) is 3.18. The van der Waals surface area contributed by atoms with Crippen molar-refractivity contribution in [3.8, 4) is 28.3 Å². The molecule has 2 heterocycles. The van der Waals surface area contributed by atoms with E-state index in [2.05, 4.69) is 10.1 Å². The van der Waals surface area contributed by atoms with Gasteiger partial charge >= 0.3 is 0 Å². The number of aromatic hydroxyl groups is 1. The molecular weight excluding hydrogens is 342 g/mol. The summed E-state index contributed by atoms with van der Waals surface area (Å²) in [6.07, 6.45) is 1.74. The second-order valence-corrected chi connectivity index (χ2v) is 6.37. The van der Waals surface area contributed by atoms with Crippen molar-refractivity contribution in [2.24, 2.45) is 17.9 Å². The number of rotatable bonds is 2. The third-order valence-electron chi connectivity index (χ3n) is 4.71. The maximum atomic E-state index is 9.70. The van der Waals surface area contributed by atoms with Crippen molar-refractivity contribution in [2.75, 3.05) is 0 Å². The number of imidazole rings is 1. The van der Waals surface area contributed by atoms with E-state index in [9.17, 15) is 10.3 Å². The molecule has 0 amide bonds. The van der Waals surface area contributed by atoms with Gasteiger partial charge in [0.1, 0.15) is 5.75 Å². The smallest absolute Gasteiger partial charge is 0.242 e. The topological polar surface area (TPSA) is 102 Å². The zero-order valence-corrected chi connectivity index (χ0v) is 15.0. The summed E-state index contributed by atoms with van der Waals surface area (Å²) in [5.41, 5.74) is 11.2. The Morgan fingerprint density at radius 2 is 1.78 bits per heavy atom. The van der Waals surface area contributed by atoms with Crippen molar-refractivity contribution in [2.45, 2.75) is 6.92 Å². The molecule has 2 aromatic carbocycles. The van der Waals surface area contributed by atoms with Crippen LogP contribution in [-0.2, 0) is 7.05 Å². The average molecular weight is 361 g/mol. The maximum Gasteiger partial charge on any atom is 0.242 e. The third-order valence-corrected chi connectivity index (χ3v) is 4.71. The minimum Gasteiger partial charge on any atom is -0.508 e. The largest absolute Gasteiger partial charge is 0.508 e. The molecule has 0 spiro atoms. The van der Waals surface area contributed by atoms with Gasteiger partial charge in [0.05, 0.1) is 28.9 Å². The van der Waals surface area contributed by atoms with Crippen LogP contribution in [0.3, 0.4) is 0 Å². The lowest BCUT2D eigenvalue weighted by Gasteiger charge is -2.13. The van der Waals surface area contributed by atoms with E-state index >= 15 is 0 Å². The monoisotopic (exact) mass is 361 g/mol. The number of fused-ring (bicyclic) bond motifs is 1. The molecule has 4 N–H and O–H groups in total. The van der Waals surface area contributed by atoms with E-state index in [1.165, 1.54) is 0 Å². The number of para-hydroxylation sites is 1. The molecule has 0 fully saturated rings. The SMILES string of the molecule is Cc1ncn(C)c1-c1c(-c2ccc(O)cc2)c2ccccc2n1/C(N)=N/O. The molecule has 0 unspecified atom stereocenters. The summed E-state index contributed by atoms with van der Waals surface area (Å²) in [6.45, 7) is 1.92. The highest BCUT2D eigenvalue weighted by atomic mass is 16.4. The van der Waals surface area contributed by atoms with E-state index in [0.717, 1.165) is 39.1 Å². The minimum absolute atomic E-state index is 0.0353. The first-order valence-corrected chi connectivity index (χ1v) is 8.42. The fourth-order valence-electron chi connectivity index (χ4n) is 3.55. The van der Waals surface area contributed by atoms with Crippen molar-refractivity contribution >= 4 is 16.9 Å². The molecule has 4 rings (SSSR count). The second kappa shape index (κ2) is 6.21. The molecule has 0 aliphatic heterocycles. The molecular formula is C20H19N5O2. The van der Waals surface area contributed by atoms with E-state index in [-0.39, 0.29) is 11.7 Å². The van der Waals surface area contributed by atoms with Gasteiger partial charge in [-0.05, 0) is 30.7 Å². The summed E-state index contributed by atoms with van der Waals surface area (Å²) in [7, 11) is 1.91. The Labute approximate surface area is 155 Å². The first kappa shape index (κ1) is 16.7. The van der Waals surface area contributed by atoms with Gasteiger partial charge in [-0.2, -0.15) is 0 Å². The molecule has 2 aromatic heterocycles. The Kier molecular flexibility index (Phi) is 3.84. The molecule has 0 radical (unpaired) electrons. The molecule has 0 aliphatic carbocycles. The first-order valence-electron chi connectivity index (χ1n) is 8.42. The summed E-state index contributed by atoms with van der Waals surface area (Å²) in [4.78, 5) is 4.40. The highest BCUT2D eigenvalue weighted by Crippen LogP contribution is 2.41. The number of aromatic nitrogens is 3. The Morgan fingerprint density at radius 3 is 2.41 bits per heavy atom. The van der Waals surface area contributed by atoms with Gasteiger partial charge in [-0.3, -0.25) is 4.57 Å². The lowest BCUT2D eigenvalue weighted by molar-refractivity contribution is 0.316. The van der Waals surface area contributed by atoms with Gasteiger partial charge in [0.25, 0.3) is 0 Å². The van der Waals surface area contributed by atoms with Crippen LogP contribution in [-0.4, -0.2) is 30.4 Å². The maximum absolute atomic E-state index is 9.70. The molecule has 136 valence electrons. The first-order chi connectivity index (χ1) is 13.0. The lowest BCUT2D eigenvalue weighted by Crippen LogP contribution is -2.23. The van der Waals surface area contributed by atoms with Crippen LogP contribution in [0.2, 0.25) is 0 Å². The van der Waals surface area contributed by atoms with Crippen LogP contribution in [0, 0.1) is 6.92 Å². The van der Waals surface area contributed by atoms with Gasteiger partial charge in [0.2, 0.25) is 5.96 Å². The van der Waals surface area contributed by atoms with E-state index in [0.29, 0.717) is 0 Å². The summed E-state index contributed by atoms with van der Waals surface area (Å²) in [6, 6.07) is 14.8. The van der Waals surface area contributed by atoms with E-state index in [1.807, 2.05) is 54.9 Å². The number of phenolic OH excluding ortho intramolecular Hbond substituents is 1. The second-order valence-electron chi connectivity index (χ2n) is 6.37. The number of phenols is 1. The van der Waals surface area contributed by atoms with Gasteiger partial charge in [-0.25, -0.2) is 4.98 Å². The predicted molar refractivity (Wildman–Crippen MR) is 105 cm³/mol. The van der Waals surface area contributed by atoms with Gasteiger partial charge in [0.15, 0.2) is 0 Å². The van der Waals surface area contributed by atoms with Crippen LogP contribution in [0.15, 0.2) is 60.0 Å². The summed E-state index contributed by atoms with van der Waals surface area (Å²) < 4.78 is 3.64. The van der Waals surface area contributed by atoms with E-state index in [1.54, 1.807) is 23.0 Å². The van der Waals surface area contributed by atoms with Gasteiger partial charge in [0, 0.05) is 18.0 Å². The molecule has 0 aliphatic rings. The highest BCUT2D eigenvalue weighted by molar-refractivity contribution is 6.10. The van der Waals surface area contributed by atoms with Crippen molar-refractivity contribution in [3.63, 3.8) is 0 Å². The minimum atomic E-state index is -0.0353. The quantitative estimate of drug-likeness (QED) is 0.221. The number of benzene rings is 2. The summed E-state index contributed by atoms with van der Waals surface area (Å²) in [5.74, 6) is 0.156. The van der Waals surface area contributed by atoms with Crippen molar-refractivity contribution in [1.29, 1.82) is 0 Å². The summed E-state index contributed by atoms with van der Waals surface area (Å²) >= 11 is 0. The predicted octanol–water partition coefficient (Wildman–Crippen LogP) is 3.27. The van der Waals surface area contributed by atoms with Gasteiger partial charge < -0.3 is 20.6 Å². The number of aryl methyl sites for hydroxylation is 2. The molecule has 27 heavy (non-hydrogen) atoms. The molecule has 4 aromatic rings. The number of oxime groups is 1. The Hall–Kier alpha value is -3.74. The lowest BCUT2D eigenvalue weighted by atomic mass is 10.00. The number of nitrogens with zero attached hydrogens (tertiary/aromatic N) is 4. The normalized spacial score (nSPS) is 12.0. The van der Waals surface area contributed by atoms with Crippen molar-refractivity contribution in [3.05, 3.63) is 60.6 Å². The number of hydrogen-bond donors (Lipinski definition) is 3. The van der Waals surface area contributed by atoms with Crippen molar-refractivity contribution < 1.29 is 10.3 Å². The van der Waals surface area contributed by atoms with Crippen LogP contribution in [0.5, 0.6) is 5.75 Å². The van der Waals surface area contributed by atoms with Crippen LogP contribution in [0.25, 0.3) is 33.4 Å². The Balaban J connectivity index is 2.22. The molecule has 7 heteroatoms. The Morgan fingerprint density at radius 1 is 1.07 bits per heavy atom. The third kappa shape index (κ3) is 2.52. The van der Waals surface area contributed by atoms with Crippen LogP contribution < -0.4 is 5.73 Å². The molecule has 0 bridgehead atoms. The highest BCUT2D eigenvalue weighted by Gasteiger charge is 2.25. The van der Waals surface area contributed by atoms with Crippen LogP contribution in [0.4, 0.5) is 0 Å². The van der Waals surface area contributed by atoms with Gasteiger partial charge in [-0.15, -0.1) is 0 Å². The zero-order chi connectivity index (χ0) is 19.1. The van der Waals surface area contributed by atoms with Crippen molar-refractivity contribution in [1.82, 2.24) is 14.1 Å². The molecule has 0 saturated heterocycles. The Bertz CT molecular complexity index is 1150. The van der Waals surface area contributed by atoms with Crippen LogP contribution >= 0.6 is 0 Å². The van der Waals surface area contributed by atoms with E-state index < -0.39 is 0 Å². The van der Waals surface area contributed by atoms with Crippen LogP contribution in [0.1, 0.15) is 5.69 Å². The number of nitrogens with two attached hydrogens (primary N) is 1. The standard InChI is InChI=1S/C20H19N5O2/c1-12-18(24(2)11-22-12)19-17(13-7-9-14(26)10-8-13)15-5-3-4-6-16(15)25(19)20(21)23-27/h3-11,26-27H,1-2H3,(H2,21,23). The number of hydrogen-bond acceptors (Lipinski definition) is 4. The summed E-state index contributed by atoms with van der Waals surface area (Å²) in [5, 5.41) is 23.3. The molecule has 0 atom stereocenters. The van der Waals surface area contributed by atoms with E-state index in [4.69, 9.17) is 5.73 Å². The fourth-order valence-corrected chi connectivity index (χ4v) is 3.55. The van der Waals surface area contributed by atoms with Gasteiger partial charge in [-0.1, -0.05) is 35.5 Å². The molecule has 7 nitrogen and oxygen atoms in total. The molecule has 0 saturated carbocycles. The zero-order valence-electron chi connectivity index (χ0n) is 15.0. The fraction of sp³-hybridized carbons (Fsp3) is 0.100.